The molecule has 0 bridgehead atoms. The molecule has 3 nitrogen and oxygen atoms in total. The van der Waals surface area contributed by atoms with Crippen molar-refractivity contribution in [3.05, 3.63) is 33.9 Å². The summed E-state index contributed by atoms with van der Waals surface area (Å²) in [4.78, 5) is 0. The highest BCUT2D eigenvalue weighted by Gasteiger charge is 2.32. The number of nitrogens with one attached hydrogen (secondary N) is 1. The standard InChI is InChI=1S/C11H9Cl2F2N3/c1-11(14,15)9-8(10(16)18-17-9)6-3-2-5(12)4-7(6)13/h2-4H,1H3,(H3,16,17,18). The van der Waals surface area contributed by atoms with Crippen LogP contribution in [0.4, 0.5) is 14.6 Å². The molecule has 7 heteroatoms. The van der Waals surface area contributed by atoms with E-state index in [1.807, 2.05) is 0 Å². The summed E-state index contributed by atoms with van der Waals surface area (Å²) >= 11 is 11.7. The maximum Gasteiger partial charge on any atom is 0.287 e. The van der Waals surface area contributed by atoms with Crippen molar-refractivity contribution in [1.29, 1.82) is 0 Å². The first-order chi connectivity index (χ1) is 8.30. The van der Waals surface area contributed by atoms with Crippen molar-refractivity contribution >= 4 is 29.0 Å². The Hall–Kier alpha value is -1.33. The first kappa shape index (κ1) is 13.1. The topological polar surface area (TPSA) is 54.7 Å². The molecule has 0 aliphatic heterocycles. The molecule has 0 unspecified atom stereocenters. The average molecular weight is 292 g/mol. The number of alkyl halides is 2. The van der Waals surface area contributed by atoms with Crippen LogP contribution in [0.25, 0.3) is 11.1 Å². The molecule has 0 spiro atoms. The van der Waals surface area contributed by atoms with Gasteiger partial charge in [0, 0.05) is 17.5 Å². The summed E-state index contributed by atoms with van der Waals surface area (Å²) in [6, 6.07) is 4.54. The number of nitrogens with two attached hydrogens (primary N) is 1. The van der Waals surface area contributed by atoms with Crippen LogP contribution < -0.4 is 5.73 Å². The van der Waals surface area contributed by atoms with Crippen LogP contribution in [-0.2, 0) is 5.92 Å². The van der Waals surface area contributed by atoms with E-state index in [1.54, 1.807) is 6.07 Å². The van der Waals surface area contributed by atoms with E-state index in [9.17, 15) is 8.78 Å². The third-order valence-corrected chi connectivity index (χ3v) is 2.98. The molecule has 0 saturated carbocycles. The van der Waals surface area contributed by atoms with Gasteiger partial charge in [0.05, 0.1) is 10.6 Å². The minimum atomic E-state index is -3.09. The number of nitrogen functional groups attached to an aromatic ring is 1. The summed E-state index contributed by atoms with van der Waals surface area (Å²) in [7, 11) is 0. The Bertz CT molecular complexity index is 590. The Balaban J connectivity index is 2.67. The summed E-state index contributed by atoms with van der Waals surface area (Å²) in [5.74, 6) is -3.13. The lowest BCUT2D eigenvalue weighted by Crippen LogP contribution is -2.09. The van der Waals surface area contributed by atoms with Crippen molar-refractivity contribution in [2.45, 2.75) is 12.8 Å². The van der Waals surface area contributed by atoms with Gasteiger partial charge < -0.3 is 5.73 Å². The Kier molecular flexibility index (Phi) is 3.21. The zero-order chi connectivity index (χ0) is 13.5. The van der Waals surface area contributed by atoms with Crippen LogP contribution >= 0.6 is 23.2 Å². The number of hydrogen-bond acceptors (Lipinski definition) is 2. The molecule has 0 radical (unpaired) electrons. The monoisotopic (exact) mass is 291 g/mol. The van der Waals surface area contributed by atoms with Gasteiger partial charge in [0.1, 0.15) is 5.69 Å². The number of anilines is 1. The third-order valence-electron chi connectivity index (χ3n) is 2.43. The van der Waals surface area contributed by atoms with Crippen LogP contribution in [-0.4, -0.2) is 10.2 Å². The summed E-state index contributed by atoms with van der Waals surface area (Å²) in [6.07, 6.45) is 0. The zero-order valence-electron chi connectivity index (χ0n) is 9.27. The van der Waals surface area contributed by atoms with Crippen molar-refractivity contribution in [1.82, 2.24) is 10.2 Å². The number of aromatic amines is 1. The molecular weight excluding hydrogens is 283 g/mol. The minimum Gasteiger partial charge on any atom is -0.382 e. The van der Waals surface area contributed by atoms with Gasteiger partial charge >= 0.3 is 0 Å². The van der Waals surface area contributed by atoms with Crippen LogP contribution in [0.2, 0.25) is 10.0 Å². The molecule has 1 aromatic carbocycles. The first-order valence-corrected chi connectivity index (χ1v) is 5.74. The van der Waals surface area contributed by atoms with Gasteiger partial charge in [-0.05, 0) is 12.1 Å². The van der Waals surface area contributed by atoms with Crippen LogP contribution in [0, 0.1) is 0 Å². The average Bonchev–Trinajstić information content (AvgIpc) is 2.60. The highest BCUT2D eigenvalue weighted by atomic mass is 35.5. The quantitative estimate of drug-likeness (QED) is 0.876. The van der Waals surface area contributed by atoms with Gasteiger partial charge in [0.25, 0.3) is 5.92 Å². The minimum absolute atomic E-state index is 0.0317. The van der Waals surface area contributed by atoms with Gasteiger partial charge in [0.2, 0.25) is 0 Å². The zero-order valence-corrected chi connectivity index (χ0v) is 10.8. The summed E-state index contributed by atoms with van der Waals surface area (Å²) in [5.41, 5.74) is 5.70. The maximum absolute atomic E-state index is 13.4. The number of benzene rings is 1. The lowest BCUT2D eigenvalue weighted by atomic mass is 10.0. The molecule has 96 valence electrons. The number of halogens is 4. The van der Waals surface area contributed by atoms with E-state index in [-0.39, 0.29) is 22.1 Å². The van der Waals surface area contributed by atoms with Gasteiger partial charge in [-0.15, -0.1) is 0 Å². The Morgan fingerprint density at radius 1 is 1.33 bits per heavy atom. The Morgan fingerprint density at radius 2 is 2.00 bits per heavy atom. The molecule has 0 atom stereocenters. The Morgan fingerprint density at radius 3 is 2.56 bits per heavy atom. The van der Waals surface area contributed by atoms with Gasteiger partial charge in [-0.1, -0.05) is 29.3 Å². The predicted octanol–water partition coefficient (Wildman–Crippen LogP) is 4.08. The molecule has 1 heterocycles. The van der Waals surface area contributed by atoms with E-state index >= 15 is 0 Å². The molecule has 2 aromatic rings. The van der Waals surface area contributed by atoms with Crippen molar-refractivity contribution in [2.24, 2.45) is 0 Å². The van der Waals surface area contributed by atoms with E-state index < -0.39 is 5.92 Å². The van der Waals surface area contributed by atoms with E-state index in [0.717, 1.165) is 6.92 Å². The van der Waals surface area contributed by atoms with Crippen molar-refractivity contribution in [2.75, 3.05) is 5.73 Å². The van der Waals surface area contributed by atoms with Crippen molar-refractivity contribution in [3.63, 3.8) is 0 Å². The molecule has 2 rings (SSSR count). The fourth-order valence-corrected chi connectivity index (χ4v) is 2.14. The summed E-state index contributed by atoms with van der Waals surface area (Å²) in [5, 5.41) is 6.49. The molecule has 0 saturated heterocycles. The maximum atomic E-state index is 13.4. The predicted molar refractivity (Wildman–Crippen MR) is 68.0 cm³/mol. The highest BCUT2D eigenvalue weighted by Crippen LogP contribution is 2.40. The smallest absolute Gasteiger partial charge is 0.287 e. The normalized spacial score (nSPS) is 11.8. The van der Waals surface area contributed by atoms with E-state index in [4.69, 9.17) is 28.9 Å². The second kappa shape index (κ2) is 4.40. The number of H-pyrrole nitrogens is 1. The van der Waals surface area contributed by atoms with Gasteiger partial charge in [-0.3, -0.25) is 5.10 Å². The summed E-state index contributed by atoms with van der Waals surface area (Å²) in [6.45, 7) is 0.757. The second-order valence-electron chi connectivity index (χ2n) is 3.87. The lowest BCUT2D eigenvalue weighted by Gasteiger charge is -2.12. The SMILES string of the molecule is CC(F)(F)c1[nH]nc(N)c1-c1ccc(Cl)cc1Cl. The van der Waals surface area contributed by atoms with E-state index in [2.05, 4.69) is 10.2 Å². The lowest BCUT2D eigenvalue weighted by molar-refractivity contribution is 0.0133. The molecule has 0 fully saturated rings. The number of nitrogens with zero attached hydrogens (tertiary/aromatic N) is 1. The fraction of sp³-hybridized carbons (Fsp3) is 0.182. The number of rotatable bonds is 2. The fourth-order valence-electron chi connectivity index (χ4n) is 1.64. The van der Waals surface area contributed by atoms with Crippen molar-refractivity contribution in [3.8, 4) is 11.1 Å². The van der Waals surface area contributed by atoms with Crippen LogP contribution in [0.1, 0.15) is 12.6 Å². The van der Waals surface area contributed by atoms with Crippen molar-refractivity contribution < 1.29 is 8.78 Å². The van der Waals surface area contributed by atoms with Gasteiger partial charge in [-0.2, -0.15) is 13.9 Å². The Labute approximate surface area is 112 Å². The van der Waals surface area contributed by atoms with Gasteiger partial charge in [-0.25, -0.2) is 0 Å². The molecule has 0 aliphatic carbocycles. The molecular formula is C11H9Cl2F2N3. The number of aromatic nitrogens is 2. The van der Waals surface area contributed by atoms with Crippen LogP contribution in [0.5, 0.6) is 0 Å². The van der Waals surface area contributed by atoms with E-state index in [0.29, 0.717) is 10.6 Å². The summed E-state index contributed by atoms with van der Waals surface area (Å²) < 4.78 is 26.9. The third kappa shape index (κ3) is 2.28. The largest absolute Gasteiger partial charge is 0.382 e. The second-order valence-corrected chi connectivity index (χ2v) is 4.72. The van der Waals surface area contributed by atoms with Crippen LogP contribution in [0.3, 0.4) is 0 Å². The van der Waals surface area contributed by atoms with E-state index in [1.165, 1.54) is 12.1 Å². The molecule has 18 heavy (non-hydrogen) atoms. The molecule has 1 aromatic heterocycles. The first-order valence-electron chi connectivity index (χ1n) is 4.98. The molecule has 0 aliphatic rings. The molecule has 3 N–H and O–H groups in total. The van der Waals surface area contributed by atoms with Gasteiger partial charge in [0.15, 0.2) is 5.82 Å². The molecule has 0 amide bonds. The highest BCUT2D eigenvalue weighted by molar-refractivity contribution is 6.36. The van der Waals surface area contributed by atoms with Crippen LogP contribution in [0.15, 0.2) is 18.2 Å². The number of hydrogen-bond donors (Lipinski definition) is 2.